The number of likely N-dealkylation sites (N-methyl/N-ethyl adjacent to an activating group) is 1. The van der Waals surface area contributed by atoms with Crippen LogP contribution in [0, 0.1) is 25.5 Å². The number of nitrogens with one attached hydrogen (secondary N) is 1. The third-order valence-electron chi connectivity index (χ3n) is 3.25. The maximum atomic E-state index is 13.4. The van der Waals surface area contributed by atoms with Crippen LogP contribution in [-0.2, 0) is 6.42 Å². The van der Waals surface area contributed by atoms with E-state index >= 15 is 0 Å². The zero-order valence-electron chi connectivity index (χ0n) is 11.8. The van der Waals surface area contributed by atoms with Crippen molar-refractivity contribution in [2.45, 2.75) is 33.2 Å². The summed E-state index contributed by atoms with van der Waals surface area (Å²) in [4.78, 5) is 5.70. The van der Waals surface area contributed by atoms with Gasteiger partial charge in [-0.15, -0.1) is 11.3 Å². The lowest BCUT2D eigenvalue weighted by atomic mass is 10.0. The minimum Gasteiger partial charge on any atom is -0.310 e. The molecule has 0 bridgehead atoms. The molecule has 1 aromatic heterocycles. The lowest BCUT2D eigenvalue weighted by Gasteiger charge is -2.17. The van der Waals surface area contributed by atoms with Crippen LogP contribution in [0.25, 0.3) is 0 Å². The number of aromatic nitrogens is 1. The van der Waals surface area contributed by atoms with E-state index in [9.17, 15) is 8.78 Å². The molecule has 1 aromatic carbocycles. The Bertz CT molecular complexity index is 576. The molecule has 0 saturated carbocycles. The Hall–Kier alpha value is -1.33. The monoisotopic (exact) mass is 296 g/mol. The first-order valence-electron chi connectivity index (χ1n) is 6.62. The minimum atomic E-state index is -0.815. The van der Waals surface area contributed by atoms with E-state index in [0.717, 1.165) is 22.8 Å². The molecule has 0 saturated heterocycles. The second kappa shape index (κ2) is 6.41. The summed E-state index contributed by atoms with van der Waals surface area (Å²) >= 11 is 1.65. The lowest BCUT2D eigenvalue weighted by molar-refractivity contribution is 0.497. The Morgan fingerprint density at radius 3 is 2.55 bits per heavy atom. The molecule has 0 radical (unpaired) electrons. The molecule has 108 valence electrons. The van der Waals surface area contributed by atoms with Gasteiger partial charge in [-0.2, -0.15) is 0 Å². The molecule has 2 aromatic rings. The van der Waals surface area contributed by atoms with Crippen molar-refractivity contribution in [3.63, 3.8) is 0 Å². The van der Waals surface area contributed by atoms with Crippen LogP contribution in [0.5, 0.6) is 0 Å². The molecule has 2 rings (SSSR count). The summed E-state index contributed by atoms with van der Waals surface area (Å²) in [6.45, 7) is 6.77. The summed E-state index contributed by atoms with van der Waals surface area (Å²) in [6, 6.07) is 4.00. The second-order valence-electron chi connectivity index (χ2n) is 4.74. The normalized spacial score (nSPS) is 12.7. The quantitative estimate of drug-likeness (QED) is 0.904. The van der Waals surface area contributed by atoms with Crippen LogP contribution in [-0.4, -0.2) is 11.5 Å². The van der Waals surface area contributed by atoms with Crippen LogP contribution in [0.1, 0.15) is 34.1 Å². The molecule has 2 nitrogen and oxygen atoms in total. The Balaban J connectivity index is 2.23. The number of benzene rings is 1. The standard InChI is InChI=1S/C15H18F2N2S/c1-4-18-14(8-15-19-9(2)10(3)20-15)11-5-6-12(16)13(17)7-11/h5-7,14,18H,4,8H2,1-3H3. The molecule has 0 aliphatic carbocycles. The van der Waals surface area contributed by atoms with Crippen molar-refractivity contribution in [1.82, 2.24) is 10.3 Å². The summed E-state index contributed by atoms with van der Waals surface area (Å²) in [5, 5.41) is 4.31. The molecule has 0 spiro atoms. The molecule has 5 heteroatoms. The van der Waals surface area contributed by atoms with Crippen molar-refractivity contribution in [2.75, 3.05) is 6.54 Å². The van der Waals surface area contributed by atoms with Gasteiger partial charge in [0.1, 0.15) is 0 Å². The third-order valence-corrected chi connectivity index (χ3v) is 4.34. The van der Waals surface area contributed by atoms with Crippen molar-refractivity contribution in [1.29, 1.82) is 0 Å². The van der Waals surface area contributed by atoms with Gasteiger partial charge in [-0.1, -0.05) is 13.0 Å². The van der Waals surface area contributed by atoms with E-state index in [1.165, 1.54) is 17.0 Å². The van der Waals surface area contributed by atoms with Crippen molar-refractivity contribution in [2.24, 2.45) is 0 Å². The number of halogens is 2. The zero-order valence-corrected chi connectivity index (χ0v) is 12.7. The number of aryl methyl sites for hydroxylation is 2. The van der Waals surface area contributed by atoms with Gasteiger partial charge in [-0.25, -0.2) is 13.8 Å². The van der Waals surface area contributed by atoms with E-state index < -0.39 is 11.6 Å². The highest BCUT2D eigenvalue weighted by atomic mass is 32.1. The smallest absolute Gasteiger partial charge is 0.159 e. The molecule has 20 heavy (non-hydrogen) atoms. The predicted octanol–water partition coefficient (Wildman–Crippen LogP) is 3.93. The van der Waals surface area contributed by atoms with E-state index in [2.05, 4.69) is 10.3 Å². The van der Waals surface area contributed by atoms with Crippen LogP contribution in [0.3, 0.4) is 0 Å². The van der Waals surface area contributed by atoms with Crippen LogP contribution < -0.4 is 5.32 Å². The van der Waals surface area contributed by atoms with E-state index in [0.29, 0.717) is 6.42 Å². The van der Waals surface area contributed by atoms with Crippen LogP contribution >= 0.6 is 11.3 Å². The summed E-state index contributed by atoms with van der Waals surface area (Å²) in [7, 11) is 0. The van der Waals surface area contributed by atoms with Crippen molar-refractivity contribution in [3.05, 3.63) is 51.0 Å². The van der Waals surface area contributed by atoms with Crippen LogP contribution in [0.2, 0.25) is 0 Å². The molecule has 0 fully saturated rings. The van der Waals surface area contributed by atoms with E-state index in [-0.39, 0.29) is 6.04 Å². The molecule has 0 aliphatic rings. The number of hydrogen-bond donors (Lipinski definition) is 1. The van der Waals surface area contributed by atoms with Gasteiger partial charge in [0.2, 0.25) is 0 Å². The van der Waals surface area contributed by atoms with E-state index in [4.69, 9.17) is 0 Å². The van der Waals surface area contributed by atoms with Crippen molar-refractivity contribution >= 4 is 11.3 Å². The van der Waals surface area contributed by atoms with Gasteiger partial charge < -0.3 is 5.32 Å². The van der Waals surface area contributed by atoms with Gasteiger partial charge in [-0.3, -0.25) is 0 Å². The zero-order chi connectivity index (χ0) is 14.7. The van der Waals surface area contributed by atoms with Gasteiger partial charge in [0, 0.05) is 17.3 Å². The summed E-state index contributed by atoms with van der Waals surface area (Å²) in [6.07, 6.45) is 0.679. The maximum absolute atomic E-state index is 13.4. The average Bonchev–Trinajstić information content (AvgIpc) is 2.71. The largest absolute Gasteiger partial charge is 0.310 e. The molecule has 1 unspecified atom stereocenters. The van der Waals surface area contributed by atoms with Gasteiger partial charge in [0.25, 0.3) is 0 Å². The van der Waals surface area contributed by atoms with Crippen LogP contribution in [0.4, 0.5) is 8.78 Å². The van der Waals surface area contributed by atoms with Gasteiger partial charge >= 0.3 is 0 Å². The third kappa shape index (κ3) is 3.41. The van der Waals surface area contributed by atoms with Gasteiger partial charge in [0.15, 0.2) is 11.6 Å². The highest BCUT2D eigenvalue weighted by Crippen LogP contribution is 2.24. The Morgan fingerprint density at radius 1 is 1.25 bits per heavy atom. The number of hydrogen-bond acceptors (Lipinski definition) is 3. The molecule has 1 heterocycles. The van der Waals surface area contributed by atoms with Crippen LogP contribution in [0.15, 0.2) is 18.2 Å². The van der Waals surface area contributed by atoms with E-state index in [1.807, 2.05) is 20.8 Å². The molecule has 1 N–H and O–H groups in total. The predicted molar refractivity (Wildman–Crippen MR) is 78.1 cm³/mol. The molecule has 0 aliphatic heterocycles. The van der Waals surface area contributed by atoms with Gasteiger partial charge in [-0.05, 0) is 38.1 Å². The Labute approximate surface area is 121 Å². The number of thiazole rings is 1. The average molecular weight is 296 g/mol. The fourth-order valence-corrected chi connectivity index (χ4v) is 3.06. The fraction of sp³-hybridized carbons (Fsp3) is 0.400. The highest BCUT2D eigenvalue weighted by Gasteiger charge is 2.16. The minimum absolute atomic E-state index is 0.0555. The van der Waals surface area contributed by atoms with Crippen molar-refractivity contribution < 1.29 is 8.78 Å². The maximum Gasteiger partial charge on any atom is 0.159 e. The van der Waals surface area contributed by atoms with E-state index in [1.54, 1.807) is 17.4 Å². The molecule has 1 atom stereocenters. The topological polar surface area (TPSA) is 24.9 Å². The lowest BCUT2D eigenvalue weighted by Crippen LogP contribution is -2.23. The molecular formula is C15H18F2N2S. The first-order valence-corrected chi connectivity index (χ1v) is 7.44. The number of rotatable bonds is 5. The Morgan fingerprint density at radius 2 is 2.00 bits per heavy atom. The summed E-state index contributed by atoms with van der Waals surface area (Å²) in [5.74, 6) is -1.62. The second-order valence-corrected chi connectivity index (χ2v) is 6.02. The molecular weight excluding hydrogens is 278 g/mol. The first-order chi connectivity index (χ1) is 9.51. The Kier molecular flexibility index (Phi) is 4.83. The highest BCUT2D eigenvalue weighted by molar-refractivity contribution is 7.11. The summed E-state index contributed by atoms with van der Waals surface area (Å²) < 4.78 is 26.4. The SMILES string of the molecule is CCNC(Cc1nc(C)c(C)s1)c1ccc(F)c(F)c1. The molecule has 0 amide bonds. The van der Waals surface area contributed by atoms with Gasteiger partial charge in [0.05, 0.1) is 10.7 Å². The number of nitrogens with zero attached hydrogens (tertiary/aromatic N) is 1. The summed E-state index contributed by atoms with van der Waals surface area (Å²) in [5.41, 5.74) is 1.78. The fourth-order valence-electron chi connectivity index (χ4n) is 2.08. The first kappa shape index (κ1) is 15.1. The van der Waals surface area contributed by atoms with Crippen molar-refractivity contribution in [3.8, 4) is 0 Å².